The molecule has 126 valence electrons. The molecule has 0 saturated carbocycles. The molecular formula is C18H26N2O2S. The average Bonchev–Trinajstić information content (AvgIpc) is 2.62. The number of hydrogen-bond donors (Lipinski definition) is 0. The first kappa shape index (κ1) is 17.0. The van der Waals surface area contributed by atoms with Gasteiger partial charge in [-0.1, -0.05) is 30.3 Å². The van der Waals surface area contributed by atoms with Crippen LogP contribution in [0.5, 0.6) is 0 Å². The molecule has 0 radical (unpaired) electrons. The summed E-state index contributed by atoms with van der Waals surface area (Å²) in [4.78, 5) is 17.5. The summed E-state index contributed by atoms with van der Waals surface area (Å²) in [5.74, 6) is 2.72. The monoisotopic (exact) mass is 334 g/mol. The molecule has 0 aliphatic carbocycles. The maximum Gasteiger partial charge on any atom is 0.164 e. The zero-order chi connectivity index (χ0) is 15.9. The van der Waals surface area contributed by atoms with Gasteiger partial charge in [-0.15, -0.1) is 0 Å². The quantitative estimate of drug-likeness (QED) is 0.743. The minimum absolute atomic E-state index is 0.218. The van der Waals surface area contributed by atoms with Gasteiger partial charge in [-0.3, -0.25) is 9.69 Å². The SMILES string of the molecule is O=C(CC1COCCN1CCN1CCSCC1)c1ccccc1. The number of ketones is 1. The second-order valence-electron chi connectivity index (χ2n) is 6.21. The van der Waals surface area contributed by atoms with Crippen LogP contribution < -0.4 is 0 Å². The van der Waals surface area contributed by atoms with Crippen molar-refractivity contribution in [3.8, 4) is 0 Å². The Morgan fingerprint density at radius 1 is 1.13 bits per heavy atom. The van der Waals surface area contributed by atoms with Gasteiger partial charge in [0.25, 0.3) is 0 Å². The number of hydrogen-bond acceptors (Lipinski definition) is 5. The van der Waals surface area contributed by atoms with Crippen LogP contribution in [-0.2, 0) is 4.74 Å². The zero-order valence-corrected chi connectivity index (χ0v) is 14.5. The van der Waals surface area contributed by atoms with Crippen molar-refractivity contribution in [3.63, 3.8) is 0 Å². The van der Waals surface area contributed by atoms with Crippen molar-refractivity contribution < 1.29 is 9.53 Å². The number of benzene rings is 1. The Labute approximate surface area is 143 Å². The number of Topliss-reactive ketones (excluding diaryl/α,β-unsaturated/α-hetero) is 1. The minimum Gasteiger partial charge on any atom is -0.378 e. The van der Waals surface area contributed by atoms with Gasteiger partial charge < -0.3 is 9.64 Å². The van der Waals surface area contributed by atoms with Crippen molar-refractivity contribution in [1.29, 1.82) is 0 Å². The molecule has 0 spiro atoms. The first-order valence-corrected chi connectivity index (χ1v) is 9.68. The topological polar surface area (TPSA) is 32.8 Å². The van der Waals surface area contributed by atoms with E-state index < -0.39 is 0 Å². The fourth-order valence-corrected chi connectivity index (χ4v) is 4.20. The Hall–Kier alpha value is -0.880. The largest absolute Gasteiger partial charge is 0.378 e. The van der Waals surface area contributed by atoms with Crippen LogP contribution in [0.3, 0.4) is 0 Å². The number of carbonyl (C=O) groups is 1. The lowest BCUT2D eigenvalue weighted by molar-refractivity contribution is -0.0116. The molecule has 2 aliphatic heterocycles. The summed E-state index contributed by atoms with van der Waals surface area (Å²) in [6.45, 7) is 6.94. The molecule has 2 fully saturated rings. The molecule has 1 unspecified atom stereocenters. The molecule has 0 bridgehead atoms. The summed E-state index contributed by atoms with van der Waals surface area (Å²) >= 11 is 2.05. The smallest absolute Gasteiger partial charge is 0.164 e. The lowest BCUT2D eigenvalue weighted by Crippen LogP contribution is -2.49. The summed E-state index contributed by atoms with van der Waals surface area (Å²) in [5, 5.41) is 0. The fourth-order valence-electron chi connectivity index (χ4n) is 3.22. The molecule has 0 aromatic heterocycles. The number of morpholine rings is 1. The summed E-state index contributed by atoms with van der Waals surface area (Å²) < 4.78 is 5.63. The van der Waals surface area contributed by atoms with Gasteiger partial charge in [0.2, 0.25) is 0 Å². The third-order valence-corrected chi connectivity index (χ3v) is 5.62. The number of rotatable bonds is 6. The van der Waals surface area contributed by atoms with E-state index in [9.17, 15) is 4.79 Å². The highest BCUT2D eigenvalue weighted by Gasteiger charge is 2.26. The predicted octanol–water partition coefficient (Wildman–Crippen LogP) is 2.01. The Morgan fingerprint density at radius 2 is 1.91 bits per heavy atom. The van der Waals surface area contributed by atoms with Crippen LogP contribution in [0.4, 0.5) is 0 Å². The summed E-state index contributed by atoms with van der Waals surface area (Å²) in [6, 6.07) is 9.83. The lowest BCUT2D eigenvalue weighted by Gasteiger charge is -2.37. The number of ether oxygens (including phenoxy) is 1. The van der Waals surface area contributed by atoms with E-state index in [1.807, 2.05) is 42.1 Å². The molecule has 5 heteroatoms. The van der Waals surface area contributed by atoms with Crippen LogP contribution in [0.25, 0.3) is 0 Å². The zero-order valence-electron chi connectivity index (χ0n) is 13.7. The molecule has 0 N–H and O–H groups in total. The van der Waals surface area contributed by atoms with Crippen molar-refractivity contribution in [2.75, 3.05) is 57.4 Å². The van der Waals surface area contributed by atoms with Crippen LogP contribution in [-0.4, -0.2) is 79.1 Å². The number of nitrogens with zero attached hydrogens (tertiary/aromatic N) is 2. The van der Waals surface area contributed by atoms with Crippen molar-refractivity contribution in [2.45, 2.75) is 12.5 Å². The molecule has 1 atom stereocenters. The molecule has 0 amide bonds. The van der Waals surface area contributed by atoms with Gasteiger partial charge in [0.1, 0.15) is 0 Å². The van der Waals surface area contributed by atoms with E-state index in [-0.39, 0.29) is 11.8 Å². The molecule has 1 aromatic carbocycles. The van der Waals surface area contributed by atoms with Crippen molar-refractivity contribution >= 4 is 17.5 Å². The summed E-state index contributed by atoms with van der Waals surface area (Å²) in [5.41, 5.74) is 0.811. The van der Waals surface area contributed by atoms with E-state index in [2.05, 4.69) is 9.80 Å². The first-order valence-electron chi connectivity index (χ1n) is 8.53. The van der Waals surface area contributed by atoms with Crippen LogP contribution in [0.1, 0.15) is 16.8 Å². The Bertz CT molecular complexity index is 491. The molecule has 2 saturated heterocycles. The van der Waals surface area contributed by atoms with E-state index in [0.29, 0.717) is 13.0 Å². The van der Waals surface area contributed by atoms with Crippen molar-refractivity contribution in [3.05, 3.63) is 35.9 Å². The van der Waals surface area contributed by atoms with Crippen LogP contribution in [0.15, 0.2) is 30.3 Å². The number of thioether (sulfide) groups is 1. The Balaban J connectivity index is 1.52. The standard InChI is InChI=1S/C18H26N2O2S/c21-18(16-4-2-1-3-5-16)14-17-15-22-11-8-20(17)7-6-19-9-12-23-13-10-19/h1-5,17H,6-15H2. The third kappa shape index (κ3) is 5.05. The van der Waals surface area contributed by atoms with E-state index in [1.165, 1.54) is 24.6 Å². The van der Waals surface area contributed by atoms with E-state index >= 15 is 0 Å². The van der Waals surface area contributed by atoms with Crippen molar-refractivity contribution in [2.24, 2.45) is 0 Å². The molecule has 2 heterocycles. The van der Waals surface area contributed by atoms with Gasteiger partial charge in [0, 0.05) is 62.3 Å². The highest BCUT2D eigenvalue weighted by atomic mass is 32.2. The first-order chi connectivity index (χ1) is 11.3. The molecule has 4 nitrogen and oxygen atoms in total. The minimum atomic E-state index is 0.218. The molecule has 23 heavy (non-hydrogen) atoms. The summed E-state index contributed by atoms with van der Waals surface area (Å²) in [6.07, 6.45) is 0.555. The van der Waals surface area contributed by atoms with E-state index in [0.717, 1.165) is 31.8 Å². The molecule has 2 aliphatic rings. The highest BCUT2D eigenvalue weighted by Crippen LogP contribution is 2.15. The molecule has 3 rings (SSSR count). The van der Waals surface area contributed by atoms with Crippen LogP contribution in [0, 0.1) is 0 Å². The predicted molar refractivity (Wildman–Crippen MR) is 95.3 cm³/mol. The van der Waals surface area contributed by atoms with Gasteiger partial charge in [-0.2, -0.15) is 11.8 Å². The summed E-state index contributed by atoms with van der Waals surface area (Å²) in [7, 11) is 0. The van der Waals surface area contributed by atoms with Gasteiger partial charge >= 0.3 is 0 Å². The van der Waals surface area contributed by atoms with Crippen molar-refractivity contribution in [1.82, 2.24) is 9.80 Å². The van der Waals surface area contributed by atoms with Gasteiger partial charge in [-0.05, 0) is 0 Å². The maximum atomic E-state index is 12.5. The Morgan fingerprint density at radius 3 is 2.70 bits per heavy atom. The van der Waals surface area contributed by atoms with Crippen LogP contribution >= 0.6 is 11.8 Å². The van der Waals surface area contributed by atoms with Crippen LogP contribution in [0.2, 0.25) is 0 Å². The van der Waals surface area contributed by atoms with Gasteiger partial charge in [-0.25, -0.2) is 0 Å². The average molecular weight is 334 g/mol. The van der Waals surface area contributed by atoms with E-state index in [1.54, 1.807) is 0 Å². The number of carbonyl (C=O) groups excluding carboxylic acids is 1. The maximum absolute atomic E-state index is 12.5. The lowest BCUT2D eigenvalue weighted by atomic mass is 10.0. The third-order valence-electron chi connectivity index (χ3n) is 4.67. The van der Waals surface area contributed by atoms with Gasteiger partial charge in [0.05, 0.1) is 13.2 Å². The normalized spacial score (nSPS) is 23.7. The molecular weight excluding hydrogens is 308 g/mol. The second-order valence-corrected chi connectivity index (χ2v) is 7.44. The Kier molecular flexibility index (Phi) is 6.51. The highest BCUT2D eigenvalue weighted by molar-refractivity contribution is 7.99. The van der Waals surface area contributed by atoms with Gasteiger partial charge in [0.15, 0.2) is 5.78 Å². The fraction of sp³-hybridized carbons (Fsp3) is 0.611. The second kappa shape index (κ2) is 8.83. The molecule has 1 aromatic rings. The van der Waals surface area contributed by atoms with E-state index in [4.69, 9.17) is 4.74 Å².